The first kappa shape index (κ1) is 26.8. The molecule has 1 fully saturated rings. The van der Waals surface area contributed by atoms with E-state index in [-0.39, 0.29) is 40.9 Å². The van der Waals surface area contributed by atoms with E-state index in [2.05, 4.69) is 19.2 Å². The number of likely N-dealkylation sites (N-methyl/N-ethyl adjacent to an activating group) is 1. The first-order chi connectivity index (χ1) is 17.0. The van der Waals surface area contributed by atoms with Gasteiger partial charge in [-0.1, -0.05) is 51.1 Å². The van der Waals surface area contributed by atoms with E-state index in [1.165, 1.54) is 4.88 Å². The quantitative estimate of drug-likeness (QED) is 0.586. The van der Waals surface area contributed by atoms with Crippen LogP contribution in [0.1, 0.15) is 55.7 Å². The van der Waals surface area contributed by atoms with Crippen LogP contribution in [0, 0.1) is 23.2 Å². The van der Waals surface area contributed by atoms with Gasteiger partial charge in [-0.3, -0.25) is 9.59 Å². The number of aliphatic hydroxyl groups excluding tert-OH is 1. The van der Waals surface area contributed by atoms with Crippen molar-refractivity contribution in [2.75, 3.05) is 33.0 Å². The second-order valence-electron chi connectivity index (χ2n) is 11.4. The van der Waals surface area contributed by atoms with Gasteiger partial charge in [0.25, 0.3) is 0 Å². The number of nitrogens with zero attached hydrogens (tertiary/aromatic N) is 3. The Kier molecular flexibility index (Phi) is 7.88. The number of thiazole rings is 1. The highest BCUT2D eigenvalue weighted by Crippen LogP contribution is 2.57. The number of amides is 2. The largest absolute Gasteiger partial charge is 0.392 e. The number of aromatic nitrogens is 1. The molecule has 1 aromatic carbocycles. The summed E-state index contributed by atoms with van der Waals surface area (Å²) in [7, 11) is 5.58. The Morgan fingerprint density at radius 2 is 1.94 bits per heavy atom. The van der Waals surface area contributed by atoms with Crippen molar-refractivity contribution in [2.45, 2.75) is 58.6 Å². The van der Waals surface area contributed by atoms with Crippen molar-refractivity contribution in [3.05, 3.63) is 46.5 Å². The van der Waals surface area contributed by atoms with Crippen LogP contribution in [0.25, 0.3) is 0 Å². The number of hydrogen-bond donors (Lipinski definition) is 2. The zero-order valence-corrected chi connectivity index (χ0v) is 23.1. The van der Waals surface area contributed by atoms with Crippen molar-refractivity contribution in [3.8, 4) is 0 Å². The molecule has 0 spiro atoms. The van der Waals surface area contributed by atoms with Gasteiger partial charge in [-0.05, 0) is 56.2 Å². The molecule has 36 heavy (non-hydrogen) atoms. The van der Waals surface area contributed by atoms with Crippen molar-refractivity contribution in [1.82, 2.24) is 14.8 Å². The SMILES string of the molecule is C[C@H](C(=O)N(C)Cc1ccccc1)C1CC[C@@]2(C)Cc3sc(NC(=O)CN(C)C)nc3[C@@H](C)[C@@H]2[C@H]1O. The number of benzene rings is 1. The molecule has 4 rings (SSSR count). The van der Waals surface area contributed by atoms with Crippen molar-refractivity contribution >= 4 is 28.3 Å². The molecule has 1 heterocycles. The molecule has 6 atom stereocenters. The third kappa shape index (κ3) is 5.36. The molecule has 1 aromatic heterocycles. The van der Waals surface area contributed by atoms with Gasteiger partial charge in [0.2, 0.25) is 11.8 Å². The maximum Gasteiger partial charge on any atom is 0.240 e. The fourth-order valence-corrected chi connectivity index (χ4v) is 7.79. The Balaban J connectivity index is 1.49. The van der Waals surface area contributed by atoms with Gasteiger partial charge in [-0.2, -0.15) is 0 Å². The second-order valence-corrected chi connectivity index (χ2v) is 12.5. The summed E-state index contributed by atoms with van der Waals surface area (Å²) in [6, 6.07) is 10.0. The Hall–Kier alpha value is -2.29. The Bertz CT molecular complexity index is 1090. The molecule has 0 radical (unpaired) electrons. The average molecular weight is 513 g/mol. The fourth-order valence-electron chi connectivity index (χ4n) is 6.51. The molecule has 7 nitrogen and oxygen atoms in total. The van der Waals surface area contributed by atoms with Gasteiger partial charge in [-0.25, -0.2) is 4.98 Å². The van der Waals surface area contributed by atoms with Crippen LogP contribution in [-0.2, 0) is 22.6 Å². The zero-order valence-electron chi connectivity index (χ0n) is 22.3. The van der Waals surface area contributed by atoms with Gasteiger partial charge < -0.3 is 20.2 Å². The highest BCUT2D eigenvalue weighted by molar-refractivity contribution is 7.15. The minimum absolute atomic E-state index is 0.0193. The number of carbonyl (C=O) groups excluding carboxylic acids is 2. The lowest BCUT2D eigenvalue weighted by Gasteiger charge is -2.53. The Morgan fingerprint density at radius 3 is 2.61 bits per heavy atom. The minimum Gasteiger partial charge on any atom is -0.392 e. The molecule has 2 amide bonds. The molecule has 2 aliphatic rings. The van der Waals surface area contributed by atoms with Gasteiger partial charge in [0.1, 0.15) is 0 Å². The van der Waals surface area contributed by atoms with E-state index in [1.807, 2.05) is 63.3 Å². The smallest absolute Gasteiger partial charge is 0.240 e. The minimum atomic E-state index is -0.579. The van der Waals surface area contributed by atoms with Crippen LogP contribution in [0.3, 0.4) is 0 Å². The van der Waals surface area contributed by atoms with Crippen LogP contribution in [-0.4, -0.2) is 65.5 Å². The first-order valence-corrected chi connectivity index (χ1v) is 13.7. The van der Waals surface area contributed by atoms with Gasteiger partial charge in [0, 0.05) is 30.3 Å². The third-order valence-corrected chi connectivity index (χ3v) is 9.29. The van der Waals surface area contributed by atoms with Crippen LogP contribution >= 0.6 is 11.3 Å². The molecule has 1 saturated carbocycles. The molecule has 2 aliphatic carbocycles. The van der Waals surface area contributed by atoms with Gasteiger partial charge in [0.15, 0.2) is 5.13 Å². The van der Waals surface area contributed by atoms with Gasteiger partial charge in [0.05, 0.1) is 18.3 Å². The predicted octanol–water partition coefficient (Wildman–Crippen LogP) is 3.99. The molecular weight excluding hydrogens is 472 g/mol. The molecule has 0 aliphatic heterocycles. The van der Waals surface area contributed by atoms with E-state index in [4.69, 9.17) is 4.98 Å². The Labute approximate surface area is 218 Å². The summed E-state index contributed by atoms with van der Waals surface area (Å²) in [5.41, 5.74) is 2.03. The number of anilines is 1. The number of hydrogen-bond acceptors (Lipinski definition) is 6. The summed E-state index contributed by atoms with van der Waals surface area (Å²) in [4.78, 5) is 35.2. The lowest BCUT2D eigenvalue weighted by molar-refractivity contribution is -0.144. The molecular formula is C28H40N4O3S. The van der Waals surface area contributed by atoms with Crippen LogP contribution < -0.4 is 5.32 Å². The number of fused-ring (bicyclic) bond motifs is 2. The van der Waals surface area contributed by atoms with Crippen LogP contribution in [0.4, 0.5) is 5.13 Å². The molecule has 0 bridgehead atoms. The van der Waals surface area contributed by atoms with E-state index in [9.17, 15) is 14.7 Å². The van der Waals surface area contributed by atoms with E-state index in [1.54, 1.807) is 16.2 Å². The molecule has 2 aromatic rings. The maximum atomic E-state index is 13.4. The number of rotatable bonds is 7. The molecule has 8 heteroatoms. The summed E-state index contributed by atoms with van der Waals surface area (Å²) in [6.45, 7) is 7.26. The normalized spacial score (nSPS) is 28.2. The van der Waals surface area contributed by atoms with Crippen LogP contribution in [0.15, 0.2) is 30.3 Å². The summed E-state index contributed by atoms with van der Waals surface area (Å²) in [6.07, 6.45) is 2.06. The van der Waals surface area contributed by atoms with Crippen molar-refractivity contribution in [2.24, 2.45) is 23.2 Å². The summed E-state index contributed by atoms with van der Waals surface area (Å²) < 4.78 is 0. The van der Waals surface area contributed by atoms with E-state index >= 15 is 0 Å². The number of carbonyl (C=O) groups is 2. The second kappa shape index (κ2) is 10.6. The average Bonchev–Trinajstić information content (AvgIpc) is 3.20. The molecule has 1 unspecified atom stereocenters. The van der Waals surface area contributed by atoms with Gasteiger partial charge in [-0.15, -0.1) is 11.3 Å². The third-order valence-electron chi connectivity index (χ3n) is 8.30. The van der Waals surface area contributed by atoms with E-state index in [0.29, 0.717) is 18.2 Å². The molecule has 2 N–H and O–H groups in total. The van der Waals surface area contributed by atoms with Gasteiger partial charge >= 0.3 is 0 Å². The monoisotopic (exact) mass is 512 g/mol. The summed E-state index contributed by atoms with van der Waals surface area (Å²) >= 11 is 1.56. The fraction of sp³-hybridized carbons (Fsp3) is 0.607. The summed E-state index contributed by atoms with van der Waals surface area (Å²) in [5.74, 6) is -0.272. The van der Waals surface area contributed by atoms with Crippen molar-refractivity contribution < 1.29 is 14.7 Å². The standard InChI is InChI=1S/C28H40N4O3S/c1-17(26(35)32(6)15-19-10-8-7-9-11-19)20-12-13-28(3)14-21-24(18(2)23(28)25(20)34)30-27(36-21)29-22(33)16-31(4)5/h7-11,17-18,20,23,25,34H,12-16H2,1-6H3,(H,29,30,33)/t17-,18-,20?,23+,25-,28-/m0/s1. The van der Waals surface area contributed by atoms with Crippen LogP contribution in [0.2, 0.25) is 0 Å². The number of aliphatic hydroxyl groups is 1. The molecule has 0 saturated heterocycles. The lowest BCUT2D eigenvalue weighted by atomic mass is 9.53. The van der Waals surface area contributed by atoms with Crippen molar-refractivity contribution in [3.63, 3.8) is 0 Å². The van der Waals surface area contributed by atoms with Crippen molar-refractivity contribution in [1.29, 1.82) is 0 Å². The Morgan fingerprint density at radius 1 is 1.25 bits per heavy atom. The highest BCUT2D eigenvalue weighted by atomic mass is 32.1. The van der Waals surface area contributed by atoms with E-state index < -0.39 is 6.10 Å². The van der Waals surface area contributed by atoms with E-state index in [0.717, 1.165) is 30.5 Å². The molecule has 196 valence electrons. The van der Waals surface area contributed by atoms with Crippen LogP contribution in [0.5, 0.6) is 0 Å². The highest BCUT2D eigenvalue weighted by Gasteiger charge is 2.54. The lowest BCUT2D eigenvalue weighted by Crippen LogP contribution is -2.53. The first-order valence-electron chi connectivity index (χ1n) is 12.9. The zero-order chi connectivity index (χ0) is 26.2. The number of nitrogens with one attached hydrogen (secondary N) is 1. The summed E-state index contributed by atoms with van der Waals surface area (Å²) in [5, 5.41) is 15.3. The topological polar surface area (TPSA) is 85.8 Å². The maximum absolute atomic E-state index is 13.4. The predicted molar refractivity (Wildman–Crippen MR) is 144 cm³/mol.